The number of pyridine rings is 2. The summed E-state index contributed by atoms with van der Waals surface area (Å²) in [5, 5.41) is 3.11. The summed E-state index contributed by atoms with van der Waals surface area (Å²) >= 11 is 0. The van der Waals surface area contributed by atoms with E-state index in [9.17, 15) is 4.79 Å². The van der Waals surface area contributed by atoms with Crippen LogP contribution in [0.2, 0.25) is 0 Å². The Morgan fingerprint density at radius 1 is 1.20 bits per heavy atom. The molecule has 0 radical (unpaired) electrons. The number of nitrogens with one attached hydrogen (secondary N) is 1. The summed E-state index contributed by atoms with van der Waals surface area (Å²) in [6.07, 6.45) is 7.42. The molecule has 1 N–H and O–H groups in total. The first-order chi connectivity index (χ1) is 12.1. The summed E-state index contributed by atoms with van der Waals surface area (Å²) in [5.41, 5.74) is 3.57. The fourth-order valence-electron chi connectivity index (χ4n) is 3.52. The average Bonchev–Trinajstić information content (AvgIpc) is 2.63. The Bertz CT molecular complexity index is 691. The number of rotatable bonds is 5. The predicted molar refractivity (Wildman–Crippen MR) is 98.4 cm³/mol. The van der Waals surface area contributed by atoms with Crippen LogP contribution in [-0.4, -0.2) is 40.4 Å². The molecular formula is C20H26N4O. The van der Waals surface area contributed by atoms with Gasteiger partial charge in [0.1, 0.15) is 0 Å². The highest BCUT2D eigenvalue weighted by molar-refractivity contribution is 5.94. The molecule has 1 amide bonds. The summed E-state index contributed by atoms with van der Waals surface area (Å²) in [5.74, 6) is -0.0421. The first-order valence-electron chi connectivity index (χ1n) is 9.01. The molecule has 1 aliphatic rings. The maximum atomic E-state index is 12.6. The summed E-state index contributed by atoms with van der Waals surface area (Å²) in [4.78, 5) is 23.7. The van der Waals surface area contributed by atoms with E-state index in [2.05, 4.69) is 26.3 Å². The number of carbonyl (C=O) groups is 1. The summed E-state index contributed by atoms with van der Waals surface area (Å²) < 4.78 is 0. The number of nitrogens with zero attached hydrogens (tertiary/aromatic N) is 3. The maximum Gasteiger partial charge on any atom is 0.251 e. The predicted octanol–water partition coefficient (Wildman–Crippen LogP) is 3.05. The molecule has 1 saturated heterocycles. The standard InChI is InChI=1S/C20H26N4O/c1-15-11-18(12-16(2)23-15)20(25)22-14-19(17-7-6-8-21-13-17)24-9-4-3-5-10-24/h6-8,11-13,19H,3-5,9-10,14H2,1-2H3,(H,22,25). The molecule has 0 spiro atoms. The lowest BCUT2D eigenvalue weighted by atomic mass is 10.0. The van der Waals surface area contributed by atoms with Gasteiger partial charge in [0.25, 0.3) is 5.91 Å². The second-order valence-electron chi connectivity index (χ2n) is 6.75. The second-order valence-corrected chi connectivity index (χ2v) is 6.75. The van der Waals surface area contributed by atoms with E-state index in [-0.39, 0.29) is 11.9 Å². The van der Waals surface area contributed by atoms with Gasteiger partial charge in [-0.15, -0.1) is 0 Å². The third kappa shape index (κ3) is 4.63. The zero-order valence-corrected chi connectivity index (χ0v) is 15.0. The summed E-state index contributed by atoms with van der Waals surface area (Å²) in [6.45, 7) is 6.56. The lowest BCUT2D eigenvalue weighted by Gasteiger charge is -2.34. The highest BCUT2D eigenvalue weighted by atomic mass is 16.1. The van der Waals surface area contributed by atoms with Gasteiger partial charge in [0.2, 0.25) is 0 Å². The number of aromatic nitrogens is 2. The zero-order chi connectivity index (χ0) is 17.6. The van der Waals surface area contributed by atoms with E-state index in [1.165, 1.54) is 19.3 Å². The highest BCUT2D eigenvalue weighted by Gasteiger charge is 2.23. The number of amides is 1. The lowest BCUT2D eigenvalue weighted by Crippen LogP contribution is -2.40. The fourth-order valence-corrected chi connectivity index (χ4v) is 3.52. The molecule has 0 bridgehead atoms. The van der Waals surface area contributed by atoms with Gasteiger partial charge in [-0.1, -0.05) is 12.5 Å². The van der Waals surface area contributed by atoms with E-state index in [0.717, 1.165) is 30.0 Å². The van der Waals surface area contributed by atoms with Gasteiger partial charge in [0.15, 0.2) is 0 Å². The molecule has 0 aliphatic carbocycles. The molecule has 2 aromatic rings. The SMILES string of the molecule is Cc1cc(C(=O)NCC(c2cccnc2)N2CCCCC2)cc(C)n1. The highest BCUT2D eigenvalue weighted by Crippen LogP contribution is 2.23. The Balaban J connectivity index is 1.72. The zero-order valence-electron chi connectivity index (χ0n) is 15.0. The Kier molecular flexibility index (Phi) is 5.76. The number of hydrogen-bond donors (Lipinski definition) is 1. The van der Waals surface area contributed by atoms with E-state index in [0.29, 0.717) is 12.1 Å². The first kappa shape index (κ1) is 17.5. The maximum absolute atomic E-state index is 12.6. The summed E-state index contributed by atoms with van der Waals surface area (Å²) in [7, 11) is 0. The summed E-state index contributed by atoms with van der Waals surface area (Å²) in [6, 6.07) is 7.90. The Morgan fingerprint density at radius 3 is 2.56 bits per heavy atom. The lowest BCUT2D eigenvalue weighted by molar-refractivity contribution is 0.0924. The number of likely N-dealkylation sites (tertiary alicyclic amines) is 1. The average molecular weight is 338 g/mol. The molecule has 1 aliphatic heterocycles. The molecule has 3 rings (SSSR count). The van der Waals surface area contributed by atoms with Gasteiger partial charge in [-0.3, -0.25) is 19.7 Å². The number of carbonyl (C=O) groups excluding carboxylic acids is 1. The van der Waals surface area contributed by atoms with Crippen LogP contribution in [0.5, 0.6) is 0 Å². The minimum absolute atomic E-state index is 0.0421. The van der Waals surface area contributed by atoms with Crippen LogP contribution in [0.1, 0.15) is 52.6 Å². The quantitative estimate of drug-likeness (QED) is 0.910. The van der Waals surface area contributed by atoms with Crippen LogP contribution in [0.4, 0.5) is 0 Å². The van der Waals surface area contributed by atoms with Crippen molar-refractivity contribution in [2.24, 2.45) is 0 Å². The van der Waals surface area contributed by atoms with Crippen LogP contribution in [0, 0.1) is 13.8 Å². The smallest absolute Gasteiger partial charge is 0.251 e. The van der Waals surface area contributed by atoms with Crippen LogP contribution in [0.15, 0.2) is 36.7 Å². The fraction of sp³-hybridized carbons (Fsp3) is 0.450. The van der Waals surface area contributed by atoms with Crippen molar-refractivity contribution in [3.63, 3.8) is 0 Å². The number of piperidine rings is 1. The Hall–Kier alpha value is -2.27. The molecule has 2 aromatic heterocycles. The van der Waals surface area contributed by atoms with Gasteiger partial charge < -0.3 is 5.32 Å². The van der Waals surface area contributed by atoms with E-state index in [4.69, 9.17) is 0 Å². The molecule has 1 atom stereocenters. The van der Waals surface area contributed by atoms with E-state index in [1.807, 2.05) is 38.2 Å². The van der Waals surface area contributed by atoms with Gasteiger partial charge in [0.05, 0.1) is 6.04 Å². The molecule has 0 aromatic carbocycles. The van der Waals surface area contributed by atoms with Gasteiger partial charge >= 0.3 is 0 Å². The monoisotopic (exact) mass is 338 g/mol. The molecule has 5 heteroatoms. The largest absolute Gasteiger partial charge is 0.350 e. The van der Waals surface area contributed by atoms with Crippen molar-refractivity contribution in [1.29, 1.82) is 0 Å². The minimum Gasteiger partial charge on any atom is -0.350 e. The molecule has 3 heterocycles. The van der Waals surface area contributed by atoms with Crippen molar-refractivity contribution >= 4 is 5.91 Å². The van der Waals surface area contributed by atoms with Crippen molar-refractivity contribution in [1.82, 2.24) is 20.2 Å². The van der Waals surface area contributed by atoms with Crippen LogP contribution >= 0.6 is 0 Å². The molecule has 132 valence electrons. The topological polar surface area (TPSA) is 58.1 Å². The molecular weight excluding hydrogens is 312 g/mol. The molecule has 1 unspecified atom stereocenters. The van der Waals surface area contributed by atoms with Crippen LogP contribution in [-0.2, 0) is 0 Å². The van der Waals surface area contributed by atoms with Crippen LogP contribution < -0.4 is 5.32 Å². The van der Waals surface area contributed by atoms with Gasteiger partial charge in [-0.05, 0) is 63.5 Å². The molecule has 0 saturated carbocycles. The number of aryl methyl sites for hydroxylation is 2. The second kappa shape index (κ2) is 8.21. The Morgan fingerprint density at radius 2 is 1.92 bits per heavy atom. The van der Waals surface area contributed by atoms with Gasteiger partial charge in [-0.25, -0.2) is 0 Å². The molecule has 25 heavy (non-hydrogen) atoms. The van der Waals surface area contributed by atoms with Crippen molar-refractivity contribution < 1.29 is 4.79 Å². The van der Waals surface area contributed by atoms with E-state index >= 15 is 0 Å². The number of hydrogen-bond acceptors (Lipinski definition) is 4. The normalized spacial score (nSPS) is 16.4. The third-order valence-corrected chi connectivity index (χ3v) is 4.70. The minimum atomic E-state index is -0.0421. The Labute approximate surface area is 149 Å². The van der Waals surface area contributed by atoms with E-state index < -0.39 is 0 Å². The van der Waals surface area contributed by atoms with E-state index in [1.54, 1.807) is 6.20 Å². The third-order valence-electron chi connectivity index (χ3n) is 4.70. The molecule has 5 nitrogen and oxygen atoms in total. The van der Waals surface area contributed by atoms with Gasteiger partial charge in [0, 0.05) is 35.9 Å². The van der Waals surface area contributed by atoms with Crippen molar-refractivity contribution in [3.05, 3.63) is 59.2 Å². The van der Waals surface area contributed by atoms with Crippen molar-refractivity contribution in [2.75, 3.05) is 19.6 Å². The molecule has 1 fully saturated rings. The van der Waals surface area contributed by atoms with Crippen molar-refractivity contribution in [3.8, 4) is 0 Å². The van der Waals surface area contributed by atoms with Crippen LogP contribution in [0.3, 0.4) is 0 Å². The first-order valence-corrected chi connectivity index (χ1v) is 9.01. The van der Waals surface area contributed by atoms with Gasteiger partial charge in [-0.2, -0.15) is 0 Å². The van der Waals surface area contributed by atoms with Crippen LogP contribution in [0.25, 0.3) is 0 Å². The van der Waals surface area contributed by atoms with Crippen molar-refractivity contribution in [2.45, 2.75) is 39.2 Å².